The van der Waals surface area contributed by atoms with Crippen molar-refractivity contribution in [2.75, 3.05) is 5.32 Å². The number of carboxylic acid groups (broad SMARTS) is 1. The number of amides is 1. The molecule has 0 radical (unpaired) electrons. The van der Waals surface area contributed by atoms with Gasteiger partial charge in [0.1, 0.15) is 17.2 Å². The predicted octanol–water partition coefficient (Wildman–Crippen LogP) is 4.71. The lowest BCUT2D eigenvalue weighted by molar-refractivity contribution is -0.147. The van der Waals surface area contributed by atoms with Crippen LogP contribution in [0.15, 0.2) is 54.6 Å². The largest absolute Gasteiger partial charge is 0.508 e. The lowest BCUT2D eigenvalue weighted by Gasteiger charge is -2.16. The molecule has 3 N–H and O–H groups in total. The van der Waals surface area contributed by atoms with Crippen LogP contribution in [0.1, 0.15) is 27.0 Å². The fourth-order valence-electron chi connectivity index (χ4n) is 3.02. The molecule has 8 heteroatoms. The zero-order chi connectivity index (χ0) is 22.7. The van der Waals surface area contributed by atoms with Gasteiger partial charge in [-0.2, -0.15) is 0 Å². The Labute approximate surface area is 182 Å². The highest BCUT2D eigenvalue weighted by Gasteiger charge is 2.19. The van der Waals surface area contributed by atoms with Gasteiger partial charge in [0.2, 0.25) is 0 Å². The number of phenolic OH excluding ortho intramolecular Hbond substituents is 1. The van der Waals surface area contributed by atoms with Crippen LogP contribution in [0, 0.1) is 13.8 Å². The number of ketones is 1. The first-order chi connectivity index (χ1) is 14.7. The minimum atomic E-state index is -1.59. The smallest absolute Gasteiger partial charge is 0.394 e. The van der Waals surface area contributed by atoms with E-state index in [0.29, 0.717) is 33.1 Å². The average Bonchev–Trinajstić information content (AvgIpc) is 2.71. The van der Waals surface area contributed by atoms with E-state index in [0.717, 1.165) is 0 Å². The van der Waals surface area contributed by atoms with Crippen LogP contribution in [0.5, 0.6) is 17.2 Å². The van der Waals surface area contributed by atoms with Gasteiger partial charge in [0.15, 0.2) is 5.78 Å². The maximum atomic E-state index is 13.0. The van der Waals surface area contributed by atoms with E-state index in [1.807, 2.05) is 0 Å². The van der Waals surface area contributed by atoms with E-state index in [2.05, 4.69) is 5.32 Å². The number of rotatable bonds is 5. The molecule has 0 saturated heterocycles. The maximum absolute atomic E-state index is 13.0. The Kier molecular flexibility index (Phi) is 6.27. The number of halogens is 1. The summed E-state index contributed by atoms with van der Waals surface area (Å²) in [6, 6.07) is 13.7. The third-order valence-electron chi connectivity index (χ3n) is 4.44. The standard InChI is InChI=1S/C23H18ClNO6/c1-12-9-16(25-22(28)23(29)30)10-13(2)21(12)31-19-8-7-17(26)11-18(19)20(27)14-3-5-15(24)6-4-14/h3-11,26H,1-2H3,(H,25,28)(H,29,30). The lowest BCUT2D eigenvalue weighted by Crippen LogP contribution is -2.21. The molecular formula is C23H18ClNO6. The second-order valence-electron chi connectivity index (χ2n) is 6.82. The summed E-state index contributed by atoms with van der Waals surface area (Å²) in [5, 5.41) is 21.4. The van der Waals surface area contributed by atoms with Crippen molar-refractivity contribution in [2.24, 2.45) is 0 Å². The summed E-state index contributed by atoms with van der Waals surface area (Å²) in [4.78, 5) is 35.1. The monoisotopic (exact) mass is 439 g/mol. The Morgan fingerprint density at radius 2 is 1.55 bits per heavy atom. The van der Waals surface area contributed by atoms with Crippen molar-refractivity contribution in [1.29, 1.82) is 0 Å². The van der Waals surface area contributed by atoms with Gasteiger partial charge in [-0.3, -0.25) is 9.59 Å². The molecule has 158 valence electrons. The van der Waals surface area contributed by atoms with Crippen LogP contribution in [0.4, 0.5) is 5.69 Å². The lowest BCUT2D eigenvalue weighted by atomic mass is 10.0. The molecule has 7 nitrogen and oxygen atoms in total. The van der Waals surface area contributed by atoms with Crippen molar-refractivity contribution in [2.45, 2.75) is 13.8 Å². The quantitative estimate of drug-likeness (QED) is 0.392. The molecule has 1 amide bonds. The third-order valence-corrected chi connectivity index (χ3v) is 4.69. The zero-order valence-corrected chi connectivity index (χ0v) is 17.4. The van der Waals surface area contributed by atoms with Gasteiger partial charge in [0.25, 0.3) is 0 Å². The number of aromatic hydroxyl groups is 1. The van der Waals surface area contributed by atoms with Gasteiger partial charge >= 0.3 is 11.9 Å². The van der Waals surface area contributed by atoms with Crippen LogP contribution in [0.25, 0.3) is 0 Å². The first kappa shape index (κ1) is 21.9. The summed E-state index contributed by atoms with van der Waals surface area (Å²) >= 11 is 5.89. The fraction of sp³-hybridized carbons (Fsp3) is 0.0870. The van der Waals surface area contributed by atoms with E-state index < -0.39 is 11.9 Å². The van der Waals surface area contributed by atoms with E-state index in [1.54, 1.807) is 50.2 Å². The Morgan fingerprint density at radius 3 is 2.13 bits per heavy atom. The zero-order valence-electron chi connectivity index (χ0n) is 16.6. The van der Waals surface area contributed by atoms with Gasteiger partial charge in [-0.05, 0) is 79.6 Å². The van der Waals surface area contributed by atoms with Crippen LogP contribution >= 0.6 is 11.6 Å². The maximum Gasteiger partial charge on any atom is 0.394 e. The number of hydrogen-bond acceptors (Lipinski definition) is 5. The molecule has 3 rings (SSSR count). The van der Waals surface area contributed by atoms with Crippen molar-refractivity contribution < 1.29 is 29.3 Å². The van der Waals surface area contributed by atoms with Crippen LogP contribution in [-0.4, -0.2) is 27.9 Å². The van der Waals surface area contributed by atoms with E-state index in [1.165, 1.54) is 18.2 Å². The molecule has 31 heavy (non-hydrogen) atoms. The van der Waals surface area contributed by atoms with Gasteiger partial charge in [0.05, 0.1) is 5.56 Å². The number of hydrogen-bond donors (Lipinski definition) is 3. The van der Waals surface area contributed by atoms with Gasteiger partial charge in [-0.1, -0.05) is 11.6 Å². The van der Waals surface area contributed by atoms with Gasteiger partial charge in [-0.15, -0.1) is 0 Å². The first-order valence-electron chi connectivity index (χ1n) is 9.12. The molecule has 0 spiro atoms. The molecule has 0 bridgehead atoms. The Hall–Kier alpha value is -3.84. The van der Waals surface area contributed by atoms with E-state index in [4.69, 9.17) is 21.4 Å². The van der Waals surface area contributed by atoms with E-state index in [-0.39, 0.29) is 22.8 Å². The van der Waals surface area contributed by atoms with Gasteiger partial charge in [-0.25, -0.2) is 4.79 Å². The summed E-state index contributed by atoms with van der Waals surface area (Å²) in [5.41, 5.74) is 2.06. The molecule has 0 aliphatic carbocycles. The number of phenols is 1. The minimum absolute atomic E-state index is 0.0927. The van der Waals surface area contributed by atoms with Crippen LogP contribution in [0.3, 0.4) is 0 Å². The molecular weight excluding hydrogens is 422 g/mol. The molecule has 0 fully saturated rings. The molecule has 0 aromatic heterocycles. The number of aryl methyl sites for hydroxylation is 2. The SMILES string of the molecule is Cc1cc(NC(=O)C(=O)O)cc(C)c1Oc1ccc(O)cc1C(=O)c1ccc(Cl)cc1. The molecule has 0 unspecified atom stereocenters. The van der Waals surface area contributed by atoms with E-state index in [9.17, 15) is 19.5 Å². The number of carbonyl (C=O) groups is 3. The molecule has 0 atom stereocenters. The van der Waals surface area contributed by atoms with Crippen molar-refractivity contribution in [1.82, 2.24) is 0 Å². The van der Waals surface area contributed by atoms with Crippen molar-refractivity contribution >= 4 is 34.9 Å². The third kappa shape index (κ3) is 5.02. The molecule has 0 heterocycles. The molecule has 0 aliphatic rings. The van der Waals surface area contributed by atoms with Crippen molar-refractivity contribution in [3.05, 3.63) is 81.9 Å². The fourth-order valence-corrected chi connectivity index (χ4v) is 3.15. The second-order valence-corrected chi connectivity index (χ2v) is 7.25. The van der Waals surface area contributed by atoms with Crippen molar-refractivity contribution in [3.8, 4) is 17.2 Å². The summed E-state index contributed by atoms with van der Waals surface area (Å²) in [6.07, 6.45) is 0. The Morgan fingerprint density at radius 1 is 0.935 bits per heavy atom. The van der Waals surface area contributed by atoms with Crippen LogP contribution in [-0.2, 0) is 9.59 Å². The predicted molar refractivity (Wildman–Crippen MR) is 115 cm³/mol. The Balaban J connectivity index is 1.96. The number of carboxylic acids is 1. The topological polar surface area (TPSA) is 113 Å². The highest BCUT2D eigenvalue weighted by molar-refractivity contribution is 6.36. The van der Waals surface area contributed by atoms with E-state index >= 15 is 0 Å². The van der Waals surface area contributed by atoms with Gasteiger partial charge < -0.3 is 20.3 Å². The van der Waals surface area contributed by atoms with Crippen molar-refractivity contribution in [3.63, 3.8) is 0 Å². The molecule has 3 aromatic carbocycles. The molecule has 0 saturated carbocycles. The van der Waals surface area contributed by atoms with Gasteiger partial charge in [0, 0.05) is 16.3 Å². The normalized spacial score (nSPS) is 10.4. The first-order valence-corrected chi connectivity index (χ1v) is 9.50. The highest BCUT2D eigenvalue weighted by Crippen LogP contribution is 2.35. The number of carbonyl (C=O) groups excluding carboxylic acids is 2. The highest BCUT2D eigenvalue weighted by atomic mass is 35.5. The van der Waals surface area contributed by atoms with Crippen LogP contribution in [0.2, 0.25) is 5.02 Å². The number of benzene rings is 3. The number of nitrogens with one attached hydrogen (secondary N) is 1. The second kappa shape index (κ2) is 8.89. The summed E-state index contributed by atoms with van der Waals surface area (Å²) in [7, 11) is 0. The summed E-state index contributed by atoms with van der Waals surface area (Å²) < 4.78 is 6.01. The molecule has 3 aromatic rings. The average molecular weight is 440 g/mol. The number of aliphatic carboxylic acids is 1. The van der Waals surface area contributed by atoms with Crippen LogP contribution < -0.4 is 10.1 Å². The number of anilines is 1. The Bertz CT molecular complexity index is 1160. The number of ether oxygens (including phenoxy) is 1. The summed E-state index contributed by atoms with van der Waals surface area (Å²) in [6.45, 7) is 3.44. The summed E-state index contributed by atoms with van der Waals surface area (Å²) in [5.74, 6) is -2.53. The molecule has 0 aliphatic heterocycles. The minimum Gasteiger partial charge on any atom is -0.508 e.